The second-order valence-electron chi connectivity index (χ2n) is 8.57. The highest BCUT2D eigenvalue weighted by Gasteiger charge is 2.42. The lowest BCUT2D eigenvalue weighted by molar-refractivity contribution is 0.0775. The number of aryl methyl sites for hydroxylation is 1. The van der Waals surface area contributed by atoms with Crippen LogP contribution in [-0.4, -0.2) is 56.3 Å². The van der Waals surface area contributed by atoms with Crippen LogP contribution in [-0.2, 0) is 0 Å². The number of hydrogen-bond donors (Lipinski definition) is 0. The Morgan fingerprint density at radius 1 is 1.10 bits per heavy atom. The fourth-order valence-corrected chi connectivity index (χ4v) is 4.72. The van der Waals surface area contributed by atoms with Crippen molar-refractivity contribution < 1.29 is 4.79 Å². The van der Waals surface area contributed by atoms with Crippen molar-refractivity contribution in [2.75, 3.05) is 31.1 Å². The molecule has 7 nitrogen and oxygen atoms in total. The normalized spacial score (nSPS) is 21.4. The van der Waals surface area contributed by atoms with Gasteiger partial charge in [0.25, 0.3) is 5.91 Å². The van der Waals surface area contributed by atoms with Crippen LogP contribution in [0.3, 0.4) is 0 Å². The van der Waals surface area contributed by atoms with Crippen LogP contribution >= 0.6 is 0 Å². The highest BCUT2D eigenvalue weighted by Crippen LogP contribution is 2.34. The second kappa shape index (κ2) is 6.83. The predicted octanol–water partition coefficient (Wildman–Crippen LogP) is 2.76. The van der Waals surface area contributed by atoms with Gasteiger partial charge in [-0.3, -0.25) is 9.20 Å². The number of anilines is 1. The van der Waals surface area contributed by atoms with E-state index in [0.717, 1.165) is 49.0 Å². The lowest BCUT2D eigenvalue weighted by Gasteiger charge is -2.23. The van der Waals surface area contributed by atoms with E-state index in [1.54, 1.807) is 6.33 Å². The van der Waals surface area contributed by atoms with Gasteiger partial charge in [-0.25, -0.2) is 15.0 Å². The van der Waals surface area contributed by atoms with Crippen LogP contribution in [0, 0.1) is 18.8 Å². The standard InChI is InChI=1S/C22H26N6O/c1-14(2)18-8-20(24-13-23-18)26-9-16-11-27(12-17(16)10-26)22(29)21-15(3)25-19-6-4-5-7-28(19)21/h4-8,13-14,16-17H,9-12H2,1-3H3. The Morgan fingerprint density at radius 3 is 2.59 bits per heavy atom. The number of rotatable bonds is 3. The Morgan fingerprint density at radius 2 is 1.86 bits per heavy atom. The van der Waals surface area contributed by atoms with Crippen molar-refractivity contribution in [3.05, 3.63) is 53.9 Å². The van der Waals surface area contributed by atoms with Crippen molar-refractivity contribution in [1.29, 1.82) is 0 Å². The van der Waals surface area contributed by atoms with Gasteiger partial charge in [0, 0.05) is 56.0 Å². The first-order valence-corrected chi connectivity index (χ1v) is 10.3. The molecule has 0 radical (unpaired) electrons. The summed E-state index contributed by atoms with van der Waals surface area (Å²) >= 11 is 0. The number of fused-ring (bicyclic) bond motifs is 2. The van der Waals surface area contributed by atoms with Crippen LogP contribution in [0.4, 0.5) is 5.82 Å². The van der Waals surface area contributed by atoms with Gasteiger partial charge in [0.1, 0.15) is 23.5 Å². The minimum atomic E-state index is 0.0891. The maximum Gasteiger partial charge on any atom is 0.272 e. The van der Waals surface area contributed by atoms with Crippen LogP contribution in [0.1, 0.15) is 41.6 Å². The van der Waals surface area contributed by atoms with Crippen molar-refractivity contribution in [3.8, 4) is 0 Å². The van der Waals surface area contributed by atoms with Gasteiger partial charge in [0.05, 0.1) is 5.69 Å². The molecule has 2 aliphatic heterocycles. The number of amides is 1. The average molecular weight is 390 g/mol. The van der Waals surface area contributed by atoms with Gasteiger partial charge in [0.15, 0.2) is 0 Å². The lowest BCUT2D eigenvalue weighted by atomic mass is 10.0. The molecule has 0 bridgehead atoms. The topological polar surface area (TPSA) is 66.6 Å². The molecule has 2 atom stereocenters. The Hall–Kier alpha value is -2.96. The van der Waals surface area contributed by atoms with Gasteiger partial charge >= 0.3 is 0 Å². The molecule has 2 unspecified atom stereocenters. The van der Waals surface area contributed by atoms with Gasteiger partial charge in [-0.15, -0.1) is 0 Å². The van der Waals surface area contributed by atoms with Crippen molar-refractivity contribution >= 4 is 17.4 Å². The Balaban J connectivity index is 1.32. The third kappa shape index (κ3) is 3.05. The molecule has 29 heavy (non-hydrogen) atoms. The van der Waals surface area contributed by atoms with E-state index >= 15 is 0 Å². The summed E-state index contributed by atoms with van der Waals surface area (Å²) in [6.07, 6.45) is 3.59. The Bertz CT molecular complexity index is 1060. The summed E-state index contributed by atoms with van der Waals surface area (Å²) in [6, 6.07) is 7.93. The molecular formula is C22H26N6O. The van der Waals surface area contributed by atoms with Gasteiger partial charge in [-0.1, -0.05) is 19.9 Å². The lowest BCUT2D eigenvalue weighted by Crippen LogP contribution is -2.34. The van der Waals surface area contributed by atoms with E-state index in [-0.39, 0.29) is 5.91 Å². The number of aromatic nitrogens is 4. The molecule has 0 aliphatic carbocycles. The largest absolute Gasteiger partial charge is 0.356 e. The number of pyridine rings is 1. The van der Waals surface area contributed by atoms with E-state index in [1.165, 1.54) is 0 Å². The zero-order chi connectivity index (χ0) is 20.1. The molecule has 7 heteroatoms. The van der Waals surface area contributed by atoms with Gasteiger partial charge in [-0.05, 0) is 25.0 Å². The average Bonchev–Trinajstić information content (AvgIpc) is 3.38. The van der Waals surface area contributed by atoms with Crippen LogP contribution in [0.2, 0.25) is 0 Å². The molecule has 2 saturated heterocycles. The predicted molar refractivity (Wildman–Crippen MR) is 111 cm³/mol. The minimum Gasteiger partial charge on any atom is -0.356 e. The first-order chi connectivity index (χ1) is 14.0. The summed E-state index contributed by atoms with van der Waals surface area (Å²) < 4.78 is 1.91. The van der Waals surface area contributed by atoms with Gasteiger partial charge < -0.3 is 9.80 Å². The zero-order valence-electron chi connectivity index (χ0n) is 17.1. The second-order valence-corrected chi connectivity index (χ2v) is 8.57. The summed E-state index contributed by atoms with van der Waals surface area (Å²) in [5.41, 5.74) is 3.38. The third-order valence-corrected chi connectivity index (χ3v) is 6.27. The van der Waals surface area contributed by atoms with E-state index in [4.69, 9.17) is 0 Å². The molecule has 2 aliphatic rings. The van der Waals surface area contributed by atoms with E-state index in [2.05, 4.69) is 39.8 Å². The number of carbonyl (C=O) groups is 1. The summed E-state index contributed by atoms with van der Waals surface area (Å²) in [5.74, 6) is 2.45. The van der Waals surface area contributed by atoms with Crippen LogP contribution in [0.25, 0.3) is 5.65 Å². The van der Waals surface area contributed by atoms with E-state index in [1.807, 2.05) is 40.6 Å². The number of nitrogens with zero attached hydrogens (tertiary/aromatic N) is 6. The molecule has 0 N–H and O–H groups in total. The summed E-state index contributed by atoms with van der Waals surface area (Å²) in [7, 11) is 0. The fraction of sp³-hybridized carbons (Fsp3) is 0.455. The maximum absolute atomic E-state index is 13.3. The molecule has 5 heterocycles. The first kappa shape index (κ1) is 18.1. The van der Waals surface area contributed by atoms with Crippen molar-refractivity contribution in [2.45, 2.75) is 26.7 Å². The van der Waals surface area contributed by atoms with Crippen LogP contribution in [0.15, 0.2) is 36.8 Å². The van der Waals surface area contributed by atoms with E-state index in [9.17, 15) is 4.79 Å². The van der Waals surface area contributed by atoms with E-state index < -0.39 is 0 Å². The fourth-order valence-electron chi connectivity index (χ4n) is 4.72. The molecular weight excluding hydrogens is 364 g/mol. The van der Waals surface area contributed by atoms with E-state index in [0.29, 0.717) is 23.4 Å². The minimum absolute atomic E-state index is 0.0891. The van der Waals surface area contributed by atoms with Crippen LogP contribution < -0.4 is 4.90 Å². The smallest absolute Gasteiger partial charge is 0.272 e. The third-order valence-electron chi connectivity index (χ3n) is 6.27. The zero-order valence-corrected chi connectivity index (χ0v) is 17.1. The Labute approximate surface area is 170 Å². The van der Waals surface area contributed by atoms with Crippen molar-refractivity contribution in [1.82, 2.24) is 24.3 Å². The van der Waals surface area contributed by atoms with Gasteiger partial charge in [0.2, 0.25) is 0 Å². The summed E-state index contributed by atoms with van der Waals surface area (Å²) in [4.78, 5) is 31.1. The highest BCUT2D eigenvalue weighted by molar-refractivity contribution is 5.95. The molecule has 5 rings (SSSR count). The van der Waals surface area contributed by atoms with Gasteiger partial charge in [-0.2, -0.15) is 0 Å². The van der Waals surface area contributed by atoms with Crippen molar-refractivity contribution in [2.24, 2.45) is 11.8 Å². The number of carbonyl (C=O) groups excluding carboxylic acids is 1. The SMILES string of the molecule is Cc1nc2ccccn2c1C(=O)N1CC2CN(c3cc(C(C)C)ncn3)CC2C1. The molecule has 0 saturated carbocycles. The first-order valence-electron chi connectivity index (χ1n) is 10.3. The monoisotopic (exact) mass is 390 g/mol. The number of hydrogen-bond acceptors (Lipinski definition) is 5. The molecule has 3 aromatic heterocycles. The Kier molecular flexibility index (Phi) is 4.26. The summed E-state index contributed by atoms with van der Waals surface area (Å²) in [6.45, 7) is 9.68. The summed E-state index contributed by atoms with van der Waals surface area (Å²) in [5, 5.41) is 0. The highest BCUT2D eigenvalue weighted by atomic mass is 16.2. The molecule has 2 fully saturated rings. The molecule has 150 valence electrons. The molecule has 3 aromatic rings. The number of likely N-dealkylation sites (tertiary alicyclic amines) is 1. The molecule has 1 amide bonds. The number of imidazole rings is 1. The van der Waals surface area contributed by atoms with Crippen molar-refractivity contribution in [3.63, 3.8) is 0 Å². The maximum atomic E-state index is 13.3. The van der Waals surface area contributed by atoms with Crippen LogP contribution in [0.5, 0.6) is 0 Å². The quantitative estimate of drug-likeness (QED) is 0.688. The molecule has 0 spiro atoms. The molecule has 0 aromatic carbocycles.